The van der Waals surface area contributed by atoms with Gasteiger partial charge in [-0.2, -0.15) is 5.10 Å². The number of hydrogen-bond acceptors (Lipinski definition) is 6. The number of aromatic nitrogens is 4. The van der Waals surface area contributed by atoms with Crippen LogP contribution in [-0.2, 0) is 11.2 Å². The molecule has 0 fully saturated rings. The van der Waals surface area contributed by atoms with Crippen LogP contribution in [0.1, 0.15) is 12.0 Å². The molecular weight excluding hydrogens is 416 g/mol. The molecule has 4 heterocycles. The number of carbonyl (C=O) groups excluding carboxylic acids is 1. The van der Waals surface area contributed by atoms with Crippen LogP contribution in [0.4, 0.5) is 10.7 Å². The fraction of sp³-hybridized carbons (Fsp3) is 0.176. The molecule has 1 aliphatic rings. The van der Waals surface area contributed by atoms with Crippen LogP contribution in [0.25, 0.3) is 11.4 Å². The Labute approximate surface area is 162 Å². The van der Waals surface area contributed by atoms with Gasteiger partial charge in [0.2, 0.25) is 5.91 Å². The molecule has 0 bridgehead atoms. The van der Waals surface area contributed by atoms with E-state index < -0.39 is 0 Å². The normalized spacial score (nSPS) is 13.6. The van der Waals surface area contributed by atoms with E-state index in [4.69, 9.17) is 0 Å². The number of H-pyrrole nitrogens is 1. The summed E-state index contributed by atoms with van der Waals surface area (Å²) < 4.78 is 0.855. The van der Waals surface area contributed by atoms with Gasteiger partial charge in [-0.3, -0.25) is 14.9 Å². The molecule has 0 radical (unpaired) electrons. The summed E-state index contributed by atoms with van der Waals surface area (Å²) in [4.78, 5) is 23.0. The Bertz CT molecular complexity index is 968. The minimum atomic E-state index is -0.120. The molecule has 3 aromatic rings. The van der Waals surface area contributed by atoms with Gasteiger partial charge in [0.25, 0.3) is 0 Å². The third-order valence-corrected chi connectivity index (χ3v) is 6.01. The summed E-state index contributed by atoms with van der Waals surface area (Å²) in [5.41, 5.74) is 3.85. The number of aryl methyl sites for hydroxylation is 1. The van der Waals surface area contributed by atoms with E-state index in [9.17, 15) is 4.79 Å². The molecule has 9 heteroatoms. The molecule has 26 heavy (non-hydrogen) atoms. The lowest BCUT2D eigenvalue weighted by Crippen LogP contribution is -2.35. The van der Waals surface area contributed by atoms with E-state index in [-0.39, 0.29) is 12.5 Å². The molecule has 0 saturated heterocycles. The number of aromatic amines is 1. The summed E-state index contributed by atoms with van der Waals surface area (Å²) in [6, 6.07) is 1.93. The van der Waals surface area contributed by atoms with E-state index in [1.165, 1.54) is 17.7 Å². The summed E-state index contributed by atoms with van der Waals surface area (Å²) in [5.74, 6) is 0.484. The number of amides is 1. The van der Waals surface area contributed by atoms with E-state index in [1.807, 2.05) is 22.5 Å². The molecule has 1 amide bonds. The Morgan fingerprint density at radius 2 is 2.35 bits per heavy atom. The number of pyridine rings is 1. The first-order chi connectivity index (χ1) is 12.6. The Kier molecular flexibility index (Phi) is 4.56. The topological polar surface area (TPSA) is 86.8 Å². The van der Waals surface area contributed by atoms with Crippen LogP contribution in [0.3, 0.4) is 0 Å². The molecule has 0 spiro atoms. The summed E-state index contributed by atoms with van der Waals surface area (Å²) in [7, 11) is 0. The molecule has 7 nitrogen and oxygen atoms in total. The van der Waals surface area contributed by atoms with Gasteiger partial charge >= 0.3 is 0 Å². The van der Waals surface area contributed by atoms with Gasteiger partial charge < -0.3 is 10.2 Å². The van der Waals surface area contributed by atoms with Crippen molar-refractivity contribution in [2.45, 2.75) is 12.8 Å². The van der Waals surface area contributed by atoms with Gasteiger partial charge in [0.05, 0.1) is 5.56 Å². The first-order valence-corrected chi connectivity index (χ1v) is 9.61. The molecule has 0 unspecified atom stereocenters. The van der Waals surface area contributed by atoms with E-state index in [1.54, 1.807) is 6.20 Å². The van der Waals surface area contributed by atoms with Crippen molar-refractivity contribution in [2.24, 2.45) is 0 Å². The number of nitrogens with zero attached hydrogens (tertiary/aromatic N) is 4. The summed E-state index contributed by atoms with van der Waals surface area (Å²) in [6.07, 6.45) is 6.74. The van der Waals surface area contributed by atoms with Crippen molar-refractivity contribution in [1.29, 1.82) is 0 Å². The summed E-state index contributed by atoms with van der Waals surface area (Å²) in [5, 5.41) is 12.3. The van der Waals surface area contributed by atoms with E-state index in [0.717, 1.165) is 44.8 Å². The van der Waals surface area contributed by atoms with Crippen molar-refractivity contribution in [2.75, 3.05) is 16.8 Å². The lowest BCUT2D eigenvalue weighted by molar-refractivity contribution is -0.114. The second-order valence-electron chi connectivity index (χ2n) is 5.83. The van der Waals surface area contributed by atoms with Gasteiger partial charge in [-0.15, -0.1) is 11.3 Å². The lowest BCUT2D eigenvalue weighted by Gasteiger charge is -2.32. The van der Waals surface area contributed by atoms with Crippen LogP contribution in [0.15, 0.2) is 46.9 Å². The minimum Gasteiger partial charge on any atom is -0.336 e. The van der Waals surface area contributed by atoms with E-state index >= 15 is 0 Å². The monoisotopic (exact) mass is 430 g/mol. The predicted octanol–water partition coefficient (Wildman–Crippen LogP) is 3.60. The van der Waals surface area contributed by atoms with Crippen molar-refractivity contribution >= 4 is 43.9 Å². The van der Waals surface area contributed by atoms with Gasteiger partial charge in [0, 0.05) is 33.6 Å². The van der Waals surface area contributed by atoms with Crippen molar-refractivity contribution in [3.63, 3.8) is 0 Å². The second-order valence-corrected chi connectivity index (χ2v) is 7.56. The number of halogens is 1. The van der Waals surface area contributed by atoms with Crippen LogP contribution in [0, 0.1) is 0 Å². The summed E-state index contributed by atoms with van der Waals surface area (Å²) in [6.45, 7) is 4.31. The minimum absolute atomic E-state index is 0.120. The van der Waals surface area contributed by atoms with Crippen molar-refractivity contribution in [3.05, 3.63) is 52.5 Å². The quantitative estimate of drug-likeness (QED) is 0.660. The molecule has 0 atom stereocenters. The largest absolute Gasteiger partial charge is 0.336 e. The van der Waals surface area contributed by atoms with Crippen LogP contribution in [0.5, 0.6) is 0 Å². The zero-order valence-electron chi connectivity index (χ0n) is 13.7. The maximum Gasteiger partial charge on any atom is 0.244 e. The Hall–Kier alpha value is -2.52. The second kappa shape index (κ2) is 7.00. The number of carbonyl (C=O) groups is 1. The van der Waals surface area contributed by atoms with Crippen LogP contribution in [-0.4, -0.2) is 32.6 Å². The smallest absolute Gasteiger partial charge is 0.244 e. The van der Waals surface area contributed by atoms with Crippen molar-refractivity contribution in [1.82, 2.24) is 20.2 Å². The average Bonchev–Trinajstić information content (AvgIpc) is 3.27. The fourth-order valence-corrected chi connectivity index (χ4v) is 4.58. The third-order valence-electron chi connectivity index (χ3n) is 4.19. The van der Waals surface area contributed by atoms with Crippen LogP contribution >= 0.6 is 27.3 Å². The molecule has 2 N–H and O–H groups in total. The van der Waals surface area contributed by atoms with Crippen molar-refractivity contribution in [3.8, 4) is 11.4 Å². The molecule has 1 aliphatic heterocycles. The molecule has 3 aromatic heterocycles. The first kappa shape index (κ1) is 16.9. The summed E-state index contributed by atoms with van der Waals surface area (Å²) >= 11 is 4.93. The fourth-order valence-electron chi connectivity index (χ4n) is 2.94. The molecule has 0 aliphatic carbocycles. The number of hydrogen-bond donors (Lipinski definition) is 2. The van der Waals surface area contributed by atoms with E-state index in [0.29, 0.717) is 5.82 Å². The average molecular weight is 431 g/mol. The molecule has 132 valence electrons. The number of nitrogens with one attached hydrogen (secondary N) is 2. The van der Waals surface area contributed by atoms with Gasteiger partial charge in [-0.05, 0) is 40.4 Å². The number of thiophene rings is 1. The number of rotatable bonds is 4. The highest BCUT2D eigenvalue weighted by molar-refractivity contribution is 9.10. The lowest BCUT2D eigenvalue weighted by atomic mass is 10.0. The van der Waals surface area contributed by atoms with Gasteiger partial charge in [0.1, 0.15) is 17.9 Å². The van der Waals surface area contributed by atoms with Gasteiger partial charge in [0.15, 0.2) is 5.82 Å². The Morgan fingerprint density at radius 1 is 1.46 bits per heavy atom. The highest BCUT2D eigenvalue weighted by atomic mass is 79.9. The molecular formula is C17H15BrN6OS. The molecule has 0 aromatic carbocycles. The third kappa shape index (κ3) is 3.15. The number of anilines is 2. The molecule has 4 rings (SSSR count). The predicted molar refractivity (Wildman–Crippen MR) is 105 cm³/mol. The maximum absolute atomic E-state index is 12.7. The zero-order valence-corrected chi connectivity index (χ0v) is 16.1. The Balaban J connectivity index is 1.55. The highest BCUT2D eigenvalue weighted by Crippen LogP contribution is 2.39. The Morgan fingerprint density at radius 3 is 3.15 bits per heavy atom. The number of allylic oxidation sites excluding steroid dienone is 1. The number of fused-ring (bicyclic) bond motifs is 1. The highest BCUT2D eigenvalue weighted by Gasteiger charge is 2.23. The van der Waals surface area contributed by atoms with E-state index in [2.05, 4.69) is 48.0 Å². The maximum atomic E-state index is 12.7. The SMILES string of the molecule is C=C1CCc2cnccc2N1CC(=O)Nc1scc(Br)c1-c1ncn[nH]1. The van der Waals surface area contributed by atoms with Gasteiger partial charge in [-0.25, -0.2) is 4.98 Å². The van der Waals surface area contributed by atoms with Crippen LogP contribution in [0.2, 0.25) is 0 Å². The molecule has 0 saturated carbocycles. The van der Waals surface area contributed by atoms with Crippen molar-refractivity contribution < 1.29 is 4.79 Å². The zero-order chi connectivity index (χ0) is 18.1. The van der Waals surface area contributed by atoms with Crippen LogP contribution < -0.4 is 10.2 Å². The van der Waals surface area contributed by atoms with Gasteiger partial charge in [-0.1, -0.05) is 6.58 Å². The standard InChI is InChI=1S/C17H15BrN6OS/c1-10-2-3-11-6-19-5-4-13(11)24(10)7-14(25)22-17-15(12(18)8-26-17)16-20-9-21-23-16/h4-6,8-9H,1-3,7H2,(H,22,25)(H,20,21,23). The first-order valence-electron chi connectivity index (χ1n) is 7.94.